The van der Waals surface area contributed by atoms with E-state index < -0.39 is 41.4 Å². The number of ether oxygens (including phenoxy) is 1. The SMILES string of the molecule is CC(C)C[C@@H](C(=O)N[C@@H](Cc1ccccc1)C(=O)OC(C)(C)C)[C@H](O)C(=O)NO. The number of aliphatic hydroxyl groups is 1. The molecule has 29 heavy (non-hydrogen) atoms. The van der Waals surface area contributed by atoms with Crippen molar-refractivity contribution >= 4 is 17.8 Å². The highest BCUT2D eigenvalue weighted by Crippen LogP contribution is 2.18. The minimum absolute atomic E-state index is 0.0130. The van der Waals surface area contributed by atoms with Gasteiger partial charge in [0.1, 0.15) is 17.7 Å². The molecular formula is C21H32N2O6. The summed E-state index contributed by atoms with van der Waals surface area (Å²) in [6, 6.07) is 8.13. The molecule has 0 bridgehead atoms. The van der Waals surface area contributed by atoms with Gasteiger partial charge in [0.2, 0.25) is 5.91 Å². The fraction of sp³-hybridized carbons (Fsp3) is 0.571. The topological polar surface area (TPSA) is 125 Å². The highest BCUT2D eigenvalue weighted by atomic mass is 16.6. The lowest BCUT2D eigenvalue weighted by atomic mass is 9.90. The zero-order valence-corrected chi connectivity index (χ0v) is 17.6. The maximum absolute atomic E-state index is 12.9. The van der Waals surface area contributed by atoms with E-state index in [1.165, 1.54) is 5.48 Å². The lowest BCUT2D eigenvalue weighted by Crippen LogP contribution is -2.51. The van der Waals surface area contributed by atoms with Crippen molar-refractivity contribution in [3.8, 4) is 0 Å². The van der Waals surface area contributed by atoms with Gasteiger partial charge >= 0.3 is 5.97 Å². The molecule has 1 aromatic carbocycles. The fourth-order valence-electron chi connectivity index (χ4n) is 2.83. The Hall–Kier alpha value is -2.45. The minimum Gasteiger partial charge on any atom is -0.458 e. The van der Waals surface area contributed by atoms with E-state index in [2.05, 4.69) is 5.32 Å². The van der Waals surface area contributed by atoms with E-state index in [-0.39, 0.29) is 18.8 Å². The van der Waals surface area contributed by atoms with Crippen LogP contribution in [0.4, 0.5) is 0 Å². The van der Waals surface area contributed by atoms with E-state index in [9.17, 15) is 19.5 Å². The number of esters is 1. The van der Waals surface area contributed by atoms with Gasteiger partial charge in [-0.05, 0) is 38.7 Å². The van der Waals surface area contributed by atoms with Gasteiger partial charge in [-0.25, -0.2) is 10.3 Å². The number of hydroxylamine groups is 1. The Balaban J connectivity index is 3.07. The Morgan fingerprint density at radius 3 is 2.14 bits per heavy atom. The van der Waals surface area contributed by atoms with E-state index in [1.54, 1.807) is 20.8 Å². The second-order valence-electron chi connectivity index (χ2n) is 8.44. The number of rotatable bonds is 9. The molecule has 4 N–H and O–H groups in total. The maximum Gasteiger partial charge on any atom is 0.329 e. The van der Waals surface area contributed by atoms with Gasteiger partial charge in [-0.2, -0.15) is 0 Å². The maximum atomic E-state index is 12.9. The first-order valence-electron chi connectivity index (χ1n) is 9.63. The van der Waals surface area contributed by atoms with Crippen LogP contribution in [0.1, 0.15) is 46.6 Å². The number of amides is 2. The molecule has 0 spiro atoms. The number of hydrogen-bond acceptors (Lipinski definition) is 6. The molecule has 3 atom stereocenters. The predicted molar refractivity (Wildman–Crippen MR) is 107 cm³/mol. The summed E-state index contributed by atoms with van der Waals surface area (Å²) in [5.41, 5.74) is 1.43. The van der Waals surface area contributed by atoms with E-state index >= 15 is 0 Å². The van der Waals surface area contributed by atoms with Crippen molar-refractivity contribution in [3.05, 3.63) is 35.9 Å². The van der Waals surface area contributed by atoms with Crippen LogP contribution in [0.5, 0.6) is 0 Å². The van der Waals surface area contributed by atoms with Gasteiger partial charge in [0.15, 0.2) is 0 Å². The van der Waals surface area contributed by atoms with Crippen molar-refractivity contribution in [2.24, 2.45) is 11.8 Å². The Morgan fingerprint density at radius 2 is 1.66 bits per heavy atom. The summed E-state index contributed by atoms with van der Waals surface area (Å²) < 4.78 is 5.43. The van der Waals surface area contributed by atoms with Crippen LogP contribution in [0.3, 0.4) is 0 Å². The molecule has 0 saturated carbocycles. The van der Waals surface area contributed by atoms with Crippen molar-refractivity contribution < 1.29 is 29.4 Å². The Labute approximate surface area is 171 Å². The summed E-state index contributed by atoms with van der Waals surface area (Å²) in [7, 11) is 0. The largest absolute Gasteiger partial charge is 0.458 e. The third kappa shape index (κ3) is 8.62. The monoisotopic (exact) mass is 408 g/mol. The third-order valence-electron chi connectivity index (χ3n) is 4.11. The summed E-state index contributed by atoms with van der Waals surface area (Å²) >= 11 is 0. The van der Waals surface area contributed by atoms with Crippen LogP contribution in [0.15, 0.2) is 30.3 Å². The molecule has 8 nitrogen and oxygen atoms in total. The predicted octanol–water partition coefficient (Wildman–Crippen LogP) is 1.58. The van der Waals surface area contributed by atoms with Gasteiger partial charge in [-0.15, -0.1) is 0 Å². The summed E-state index contributed by atoms with van der Waals surface area (Å²) in [6.07, 6.45) is -1.37. The van der Waals surface area contributed by atoms with Crippen LogP contribution in [0.2, 0.25) is 0 Å². The van der Waals surface area contributed by atoms with Crippen LogP contribution in [0, 0.1) is 11.8 Å². The minimum atomic E-state index is -1.75. The van der Waals surface area contributed by atoms with Crippen molar-refractivity contribution in [3.63, 3.8) is 0 Å². The molecule has 0 unspecified atom stereocenters. The van der Waals surface area contributed by atoms with Gasteiger partial charge in [0.25, 0.3) is 5.91 Å². The number of nitrogens with one attached hydrogen (secondary N) is 2. The average Bonchev–Trinajstić information content (AvgIpc) is 2.63. The van der Waals surface area contributed by atoms with E-state index in [4.69, 9.17) is 9.94 Å². The molecule has 1 rings (SSSR count). The standard InChI is InChI=1S/C21H32N2O6/c1-13(2)11-15(17(24)19(26)23-28)18(25)22-16(20(27)29-21(3,4)5)12-14-9-7-6-8-10-14/h6-10,13,15-17,24,28H,11-12H2,1-5H3,(H,22,25)(H,23,26)/t15-,16+,17+/m1/s1. The molecule has 162 valence electrons. The zero-order valence-electron chi connectivity index (χ0n) is 17.6. The van der Waals surface area contributed by atoms with Crippen LogP contribution in [0.25, 0.3) is 0 Å². The Bertz CT molecular complexity index is 684. The smallest absolute Gasteiger partial charge is 0.329 e. The molecule has 2 amide bonds. The summed E-state index contributed by atoms with van der Waals surface area (Å²) in [5, 5.41) is 21.6. The second kappa shape index (κ2) is 10.9. The molecule has 0 saturated heterocycles. The lowest BCUT2D eigenvalue weighted by Gasteiger charge is -2.27. The summed E-state index contributed by atoms with van der Waals surface area (Å²) in [6.45, 7) is 8.84. The molecular weight excluding hydrogens is 376 g/mol. The van der Waals surface area contributed by atoms with Gasteiger partial charge < -0.3 is 15.2 Å². The number of carbonyl (C=O) groups excluding carboxylic acids is 3. The van der Waals surface area contributed by atoms with Crippen LogP contribution < -0.4 is 10.8 Å². The lowest BCUT2D eigenvalue weighted by molar-refractivity contribution is -0.159. The van der Waals surface area contributed by atoms with E-state index in [0.29, 0.717) is 0 Å². The first-order valence-corrected chi connectivity index (χ1v) is 9.63. The number of benzene rings is 1. The summed E-state index contributed by atoms with van der Waals surface area (Å²) in [4.78, 5) is 37.2. The quantitative estimate of drug-likeness (QED) is 0.279. The van der Waals surface area contributed by atoms with Crippen LogP contribution in [-0.4, -0.2) is 45.8 Å². The van der Waals surface area contributed by atoms with Crippen molar-refractivity contribution in [1.29, 1.82) is 0 Å². The van der Waals surface area contributed by atoms with Gasteiger partial charge in [0.05, 0.1) is 5.92 Å². The van der Waals surface area contributed by atoms with Crippen LogP contribution in [-0.2, 0) is 25.5 Å². The first kappa shape index (κ1) is 24.6. The normalized spacial score (nSPS) is 14.6. The highest BCUT2D eigenvalue weighted by Gasteiger charge is 2.35. The molecule has 0 fully saturated rings. The first-order chi connectivity index (χ1) is 13.4. The van der Waals surface area contributed by atoms with Gasteiger partial charge in [-0.3, -0.25) is 14.8 Å². The molecule has 0 radical (unpaired) electrons. The molecule has 0 heterocycles. The van der Waals surface area contributed by atoms with Gasteiger partial charge in [-0.1, -0.05) is 44.2 Å². The molecule has 8 heteroatoms. The molecule has 1 aromatic rings. The Morgan fingerprint density at radius 1 is 1.07 bits per heavy atom. The fourth-order valence-corrected chi connectivity index (χ4v) is 2.83. The van der Waals surface area contributed by atoms with Crippen molar-refractivity contribution in [2.45, 2.75) is 65.2 Å². The Kier molecular flexibility index (Phi) is 9.26. The number of carbonyl (C=O) groups is 3. The van der Waals surface area contributed by atoms with Crippen LogP contribution >= 0.6 is 0 Å². The van der Waals surface area contributed by atoms with E-state index in [0.717, 1.165) is 5.56 Å². The van der Waals surface area contributed by atoms with E-state index in [1.807, 2.05) is 44.2 Å². The molecule has 0 aromatic heterocycles. The van der Waals surface area contributed by atoms with Gasteiger partial charge in [0, 0.05) is 6.42 Å². The summed E-state index contributed by atoms with van der Waals surface area (Å²) in [5.74, 6) is -3.51. The number of aliphatic hydroxyl groups excluding tert-OH is 1. The molecule has 0 aliphatic carbocycles. The average molecular weight is 408 g/mol. The highest BCUT2D eigenvalue weighted by molar-refractivity contribution is 5.91. The van der Waals surface area contributed by atoms with Crippen molar-refractivity contribution in [2.75, 3.05) is 0 Å². The molecule has 0 aliphatic heterocycles. The van der Waals surface area contributed by atoms with Crippen molar-refractivity contribution in [1.82, 2.24) is 10.8 Å². The zero-order chi connectivity index (χ0) is 22.2. The second-order valence-corrected chi connectivity index (χ2v) is 8.44. The number of hydrogen-bond donors (Lipinski definition) is 4. The molecule has 0 aliphatic rings. The third-order valence-corrected chi connectivity index (χ3v) is 4.11.